The van der Waals surface area contributed by atoms with E-state index in [1.54, 1.807) is 6.92 Å². The average Bonchev–Trinajstić information content (AvgIpc) is 2.58. The van der Waals surface area contributed by atoms with Crippen molar-refractivity contribution in [3.8, 4) is 0 Å². The van der Waals surface area contributed by atoms with Crippen LogP contribution >= 0.6 is 0 Å². The third kappa shape index (κ3) is 4.03. The topological polar surface area (TPSA) is 87.6 Å². The first-order chi connectivity index (χ1) is 10.6. The Morgan fingerprint density at radius 2 is 2.13 bits per heavy atom. The van der Waals surface area contributed by atoms with Gasteiger partial charge in [-0.15, -0.1) is 0 Å². The summed E-state index contributed by atoms with van der Waals surface area (Å²) in [5, 5.41) is 8.75. The highest BCUT2D eigenvalue weighted by molar-refractivity contribution is 7.89. The molecule has 0 spiro atoms. The summed E-state index contributed by atoms with van der Waals surface area (Å²) in [5.41, 5.74) is 0.648. The van der Waals surface area contributed by atoms with Crippen molar-refractivity contribution in [2.45, 2.75) is 37.0 Å². The number of carboxylic acids is 1. The number of carbonyl (C=O) groups is 1. The number of carboxylic acid groups (broad SMARTS) is 1. The second kappa shape index (κ2) is 6.48. The van der Waals surface area contributed by atoms with Crippen LogP contribution < -0.4 is 0 Å². The average molecular weight is 348 g/mol. The summed E-state index contributed by atoms with van der Waals surface area (Å²) in [7, 11) is -3.92. The summed E-state index contributed by atoms with van der Waals surface area (Å²) >= 11 is 0. The van der Waals surface area contributed by atoms with E-state index in [-0.39, 0.29) is 24.4 Å². The number of aryl methyl sites for hydroxylation is 1. The van der Waals surface area contributed by atoms with Crippen molar-refractivity contribution >= 4 is 16.0 Å². The van der Waals surface area contributed by atoms with Gasteiger partial charge in [0.05, 0.1) is 6.42 Å². The highest BCUT2D eigenvalue weighted by atomic mass is 32.2. The van der Waals surface area contributed by atoms with E-state index in [4.69, 9.17) is 5.11 Å². The molecule has 1 aliphatic heterocycles. The Labute approximate surface area is 133 Å². The lowest BCUT2D eigenvalue weighted by atomic mass is 9.93. The molecule has 6 nitrogen and oxygen atoms in total. The number of nitrogens with zero attached hydrogens (tertiary/aromatic N) is 2. The summed E-state index contributed by atoms with van der Waals surface area (Å²) in [6.07, 6.45) is 1.12. The predicted octanol–water partition coefficient (Wildman–Crippen LogP) is 1.90. The van der Waals surface area contributed by atoms with Crippen LogP contribution in [0.25, 0.3) is 0 Å². The second-order valence-corrected chi connectivity index (χ2v) is 7.63. The zero-order valence-corrected chi connectivity index (χ0v) is 13.4. The Morgan fingerprint density at radius 3 is 2.74 bits per heavy atom. The molecule has 0 bridgehead atoms. The quantitative estimate of drug-likeness (QED) is 0.898. The number of halogens is 2. The number of alkyl halides is 2. The number of hydrogen-bond donors (Lipinski definition) is 1. The smallest absolute Gasteiger partial charge is 0.303 e. The molecule has 0 radical (unpaired) electrons. The third-order valence-electron chi connectivity index (χ3n) is 3.93. The third-order valence-corrected chi connectivity index (χ3v) is 5.79. The fraction of sp³-hybridized carbons (Fsp3) is 0.571. The number of hydrogen-bond acceptors (Lipinski definition) is 4. The maximum absolute atomic E-state index is 14.0. The maximum atomic E-state index is 14.0. The summed E-state index contributed by atoms with van der Waals surface area (Å²) in [5.74, 6) is -5.88. The molecule has 1 aromatic rings. The molecule has 1 atom stereocenters. The van der Waals surface area contributed by atoms with Crippen molar-refractivity contribution in [1.82, 2.24) is 9.29 Å². The van der Waals surface area contributed by atoms with E-state index in [0.29, 0.717) is 5.56 Å². The summed E-state index contributed by atoms with van der Waals surface area (Å²) in [6, 6.07) is 1.43. The molecule has 1 aromatic heterocycles. The maximum Gasteiger partial charge on any atom is 0.303 e. The van der Waals surface area contributed by atoms with Crippen LogP contribution in [0.4, 0.5) is 8.78 Å². The number of aliphatic carboxylic acids is 1. The lowest BCUT2D eigenvalue weighted by Gasteiger charge is -2.22. The van der Waals surface area contributed by atoms with Gasteiger partial charge in [0.2, 0.25) is 10.0 Å². The fourth-order valence-electron chi connectivity index (χ4n) is 2.62. The number of sulfonamides is 1. The fourth-order valence-corrected chi connectivity index (χ4v) is 4.13. The van der Waals surface area contributed by atoms with Crippen LogP contribution in [-0.4, -0.2) is 47.8 Å². The van der Waals surface area contributed by atoms with Crippen LogP contribution in [0.2, 0.25) is 0 Å². The lowest BCUT2D eigenvalue weighted by Crippen LogP contribution is -2.33. The highest BCUT2D eigenvalue weighted by Crippen LogP contribution is 2.37. The molecule has 1 N–H and O–H groups in total. The van der Waals surface area contributed by atoms with Crippen molar-refractivity contribution in [2.75, 3.05) is 13.1 Å². The first kappa shape index (κ1) is 17.7. The minimum Gasteiger partial charge on any atom is -0.481 e. The molecule has 1 saturated heterocycles. The van der Waals surface area contributed by atoms with E-state index < -0.39 is 40.7 Å². The molecule has 0 saturated carbocycles. The molecule has 0 aromatic carbocycles. The van der Waals surface area contributed by atoms with E-state index in [9.17, 15) is 22.0 Å². The molecular formula is C14H18F2N2O4S. The molecule has 0 amide bonds. The van der Waals surface area contributed by atoms with Gasteiger partial charge in [0.1, 0.15) is 4.90 Å². The van der Waals surface area contributed by atoms with Crippen molar-refractivity contribution in [2.24, 2.45) is 5.92 Å². The van der Waals surface area contributed by atoms with Crippen LogP contribution in [0, 0.1) is 12.8 Å². The Morgan fingerprint density at radius 1 is 1.43 bits per heavy atom. The van der Waals surface area contributed by atoms with Crippen LogP contribution in [0.1, 0.15) is 24.8 Å². The van der Waals surface area contributed by atoms with Crippen molar-refractivity contribution in [3.63, 3.8) is 0 Å². The second-order valence-electron chi connectivity index (χ2n) is 5.70. The van der Waals surface area contributed by atoms with Crippen LogP contribution in [0.3, 0.4) is 0 Å². The predicted molar refractivity (Wildman–Crippen MR) is 77.7 cm³/mol. The Bertz CT molecular complexity index is 694. The summed E-state index contributed by atoms with van der Waals surface area (Å²) in [4.78, 5) is 14.5. The Kier molecular flexibility index (Phi) is 5.00. The van der Waals surface area contributed by atoms with Gasteiger partial charge >= 0.3 is 5.97 Å². The Hall–Kier alpha value is -1.61. The van der Waals surface area contributed by atoms with Gasteiger partial charge in [0, 0.05) is 37.8 Å². The van der Waals surface area contributed by atoms with Gasteiger partial charge in [-0.05, 0) is 25.0 Å². The van der Waals surface area contributed by atoms with E-state index >= 15 is 0 Å². The number of rotatable bonds is 4. The molecular weight excluding hydrogens is 330 g/mol. The van der Waals surface area contributed by atoms with Crippen LogP contribution in [0.5, 0.6) is 0 Å². The van der Waals surface area contributed by atoms with Crippen molar-refractivity contribution in [1.29, 1.82) is 0 Å². The van der Waals surface area contributed by atoms with E-state index in [1.807, 2.05) is 0 Å². The van der Waals surface area contributed by atoms with Gasteiger partial charge < -0.3 is 5.11 Å². The molecule has 1 fully saturated rings. The molecule has 0 aliphatic carbocycles. The van der Waals surface area contributed by atoms with E-state index in [2.05, 4.69) is 4.98 Å². The molecule has 1 unspecified atom stereocenters. The van der Waals surface area contributed by atoms with Crippen LogP contribution in [-0.2, 0) is 14.8 Å². The summed E-state index contributed by atoms with van der Waals surface area (Å²) < 4.78 is 54.1. The van der Waals surface area contributed by atoms with Crippen molar-refractivity contribution < 1.29 is 27.1 Å². The molecule has 2 heterocycles. The first-order valence-corrected chi connectivity index (χ1v) is 8.58. The summed E-state index contributed by atoms with van der Waals surface area (Å²) in [6.45, 7) is 1.20. The molecule has 23 heavy (non-hydrogen) atoms. The monoisotopic (exact) mass is 348 g/mol. The van der Waals surface area contributed by atoms with Gasteiger partial charge in [-0.1, -0.05) is 0 Å². The van der Waals surface area contributed by atoms with Crippen LogP contribution in [0.15, 0.2) is 23.4 Å². The molecule has 128 valence electrons. The zero-order valence-electron chi connectivity index (χ0n) is 12.6. The van der Waals surface area contributed by atoms with Gasteiger partial charge in [0.25, 0.3) is 5.92 Å². The van der Waals surface area contributed by atoms with Gasteiger partial charge in [-0.2, -0.15) is 4.31 Å². The van der Waals surface area contributed by atoms with Gasteiger partial charge in [0.15, 0.2) is 0 Å². The molecule has 9 heteroatoms. The van der Waals surface area contributed by atoms with Gasteiger partial charge in [-0.3, -0.25) is 9.78 Å². The van der Waals surface area contributed by atoms with E-state index in [0.717, 1.165) is 4.31 Å². The van der Waals surface area contributed by atoms with E-state index in [1.165, 1.54) is 18.5 Å². The normalized spacial score (nSPS) is 22.5. The zero-order chi connectivity index (χ0) is 17.3. The number of aromatic nitrogens is 1. The standard InChI is InChI=1S/C14H18F2N2O4S/c1-10-6-12(9-17-8-10)23(21,22)18-4-2-11(7-13(19)20)14(15,16)3-5-18/h6,8-9,11H,2-5,7H2,1H3,(H,19,20). The van der Waals surface area contributed by atoms with Crippen molar-refractivity contribution in [3.05, 3.63) is 24.0 Å². The first-order valence-electron chi connectivity index (χ1n) is 7.14. The Balaban J connectivity index is 2.24. The largest absolute Gasteiger partial charge is 0.481 e. The number of pyridine rings is 1. The van der Waals surface area contributed by atoms with Gasteiger partial charge in [-0.25, -0.2) is 17.2 Å². The molecule has 1 aliphatic rings. The molecule has 2 rings (SSSR count). The lowest BCUT2D eigenvalue weighted by molar-refractivity contribution is -0.143. The SMILES string of the molecule is Cc1cncc(S(=O)(=O)N2CCC(CC(=O)O)C(F)(F)CC2)c1. The minimum absolute atomic E-state index is 0.0440. The minimum atomic E-state index is -3.92. The highest BCUT2D eigenvalue weighted by Gasteiger charge is 2.44.